The highest BCUT2D eigenvalue weighted by Crippen LogP contribution is 2.33. The number of carbonyl (C=O) groups excluding carboxylic acids is 2. The van der Waals surface area contributed by atoms with Crippen LogP contribution in [0.5, 0.6) is 0 Å². The van der Waals surface area contributed by atoms with Crippen LogP contribution in [0.2, 0.25) is 0 Å². The summed E-state index contributed by atoms with van der Waals surface area (Å²) in [5, 5.41) is 3.08. The lowest BCUT2D eigenvalue weighted by Crippen LogP contribution is -2.21. The van der Waals surface area contributed by atoms with E-state index in [1.807, 2.05) is 61.7 Å². The van der Waals surface area contributed by atoms with Crippen LogP contribution in [0.3, 0.4) is 0 Å². The van der Waals surface area contributed by atoms with Crippen LogP contribution < -0.4 is 5.32 Å². The molecule has 3 aromatic rings. The minimum atomic E-state index is -0.188. The minimum absolute atomic E-state index is 0.0969. The van der Waals surface area contributed by atoms with E-state index < -0.39 is 0 Å². The molecule has 4 nitrogen and oxygen atoms in total. The van der Waals surface area contributed by atoms with Crippen molar-refractivity contribution in [1.82, 2.24) is 4.98 Å². The number of rotatable bonds is 6. The Labute approximate surface area is 160 Å². The van der Waals surface area contributed by atoms with Gasteiger partial charge < -0.3 is 5.32 Å². The van der Waals surface area contributed by atoms with Gasteiger partial charge in [0.25, 0.3) is 0 Å². The maximum absolute atomic E-state index is 13.0. The second-order valence-corrected chi connectivity index (χ2v) is 7.80. The summed E-state index contributed by atoms with van der Waals surface area (Å²) in [6.07, 6.45) is 1.88. The summed E-state index contributed by atoms with van der Waals surface area (Å²) in [6.45, 7) is 1.84. The number of ketones is 1. The molecule has 0 radical (unpaired) electrons. The summed E-state index contributed by atoms with van der Waals surface area (Å²) in [5.74, 6) is -0.218. The van der Waals surface area contributed by atoms with Gasteiger partial charge in [0.15, 0.2) is 5.13 Å². The van der Waals surface area contributed by atoms with E-state index in [4.69, 9.17) is 0 Å². The van der Waals surface area contributed by atoms with Crippen molar-refractivity contribution in [3.63, 3.8) is 0 Å². The summed E-state index contributed by atoms with van der Waals surface area (Å²) in [6, 6.07) is 18.6. The van der Waals surface area contributed by atoms with Crippen LogP contribution in [0.15, 0.2) is 60.7 Å². The van der Waals surface area contributed by atoms with Gasteiger partial charge in [-0.05, 0) is 13.2 Å². The predicted octanol–water partition coefficient (Wildman–Crippen LogP) is 4.73. The number of carbonyl (C=O) groups is 2. The molecule has 0 saturated heterocycles. The molecule has 3 rings (SSSR count). The summed E-state index contributed by atoms with van der Waals surface area (Å²) in [5.41, 5.74) is 2.04. The van der Waals surface area contributed by atoms with Gasteiger partial charge in [-0.3, -0.25) is 9.59 Å². The molecule has 1 amide bonds. The standard InChI is InChI=1S/C20H18N2O2S2/c1-13(25-2)19(24)22-20-21-16(14-9-5-3-6-10-14)18(26-20)17(23)15-11-7-4-8-12-15/h3-13H,1-2H3,(H,21,22,24). The van der Waals surface area contributed by atoms with Gasteiger partial charge in [-0.25, -0.2) is 4.98 Å². The van der Waals surface area contributed by atoms with Crippen LogP contribution in [-0.4, -0.2) is 28.2 Å². The minimum Gasteiger partial charge on any atom is -0.301 e. The maximum atomic E-state index is 13.0. The van der Waals surface area contributed by atoms with E-state index in [0.717, 1.165) is 5.56 Å². The third-order valence-electron chi connectivity index (χ3n) is 3.87. The van der Waals surface area contributed by atoms with Crippen LogP contribution in [0.4, 0.5) is 5.13 Å². The van der Waals surface area contributed by atoms with E-state index in [0.29, 0.717) is 21.3 Å². The molecule has 0 fully saturated rings. The van der Waals surface area contributed by atoms with Crippen molar-refractivity contribution in [1.29, 1.82) is 0 Å². The van der Waals surface area contributed by atoms with Gasteiger partial charge in [-0.15, -0.1) is 0 Å². The van der Waals surface area contributed by atoms with E-state index in [9.17, 15) is 9.59 Å². The molecule has 1 atom stereocenters. The van der Waals surface area contributed by atoms with Gasteiger partial charge in [0, 0.05) is 11.1 Å². The molecule has 1 aromatic heterocycles. The van der Waals surface area contributed by atoms with Crippen LogP contribution in [0.25, 0.3) is 11.3 Å². The molecule has 1 N–H and O–H groups in total. The predicted molar refractivity (Wildman–Crippen MR) is 109 cm³/mol. The van der Waals surface area contributed by atoms with Crippen molar-refractivity contribution in [2.45, 2.75) is 12.2 Å². The molecule has 0 spiro atoms. The second-order valence-electron chi connectivity index (χ2n) is 5.63. The van der Waals surface area contributed by atoms with E-state index in [2.05, 4.69) is 10.3 Å². The Hall–Kier alpha value is -2.44. The van der Waals surface area contributed by atoms with E-state index in [1.54, 1.807) is 12.1 Å². The number of hydrogen-bond acceptors (Lipinski definition) is 5. The van der Waals surface area contributed by atoms with Crippen molar-refractivity contribution >= 4 is 39.9 Å². The summed E-state index contributed by atoms with van der Waals surface area (Å²) >= 11 is 2.67. The lowest BCUT2D eigenvalue weighted by molar-refractivity contribution is -0.115. The van der Waals surface area contributed by atoms with Crippen LogP contribution in [0.1, 0.15) is 22.2 Å². The second kappa shape index (κ2) is 8.29. The Kier molecular flexibility index (Phi) is 5.85. The highest BCUT2D eigenvalue weighted by Gasteiger charge is 2.22. The molecule has 1 unspecified atom stereocenters. The highest BCUT2D eigenvalue weighted by atomic mass is 32.2. The first kappa shape index (κ1) is 18.4. The van der Waals surface area contributed by atoms with Gasteiger partial charge in [-0.2, -0.15) is 11.8 Å². The van der Waals surface area contributed by atoms with Gasteiger partial charge in [-0.1, -0.05) is 72.0 Å². The number of aromatic nitrogens is 1. The smallest absolute Gasteiger partial charge is 0.238 e. The SMILES string of the molecule is CSC(C)C(=O)Nc1nc(-c2ccccc2)c(C(=O)c2ccccc2)s1. The Bertz CT molecular complexity index is 908. The Morgan fingerprint density at radius 2 is 1.65 bits per heavy atom. The van der Waals surface area contributed by atoms with E-state index >= 15 is 0 Å². The Balaban J connectivity index is 2.01. The molecule has 2 aromatic carbocycles. The normalized spacial score (nSPS) is 11.8. The molecule has 0 bridgehead atoms. The molecule has 0 aliphatic heterocycles. The van der Waals surface area contributed by atoms with Crippen molar-refractivity contribution < 1.29 is 9.59 Å². The molecular weight excluding hydrogens is 364 g/mol. The number of nitrogens with one attached hydrogen (secondary N) is 1. The quantitative estimate of drug-likeness (QED) is 0.626. The monoisotopic (exact) mass is 382 g/mol. The van der Waals surface area contributed by atoms with E-state index in [-0.39, 0.29) is 16.9 Å². The summed E-state index contributed by atoms with van der Waals surface area (Å²) < 4.78 is 0. The lowest BCUT2D eigenvalue weighted by atomic mass is 10.1. The Morgan fingerprint density at radius 3 is 2.27 bits per heavy atom. The fourth-order valence-electron chi connectivity index (χ4n) is 2.35. The van der Waals surface area contributed by atoms with Crippen LogP contribution in [-0.2, 0) is 4.79 Å². The molecule has 1 heterocycles. The average molecular weight is 383 g/mol. The Morgan fingerprint density at radius 1 is 1.04 bits per heavy atom. The van der Waals surface area contributed by atoms with Crippen molar-refractivity contribution in [3.8, 4) is 11.3 Å². The van der Waals surface area contributed by atoms with Crippen molar-refractivity contribution in [3.05, 3.63) is 71.1 Å². The number of thiazole rings is 1. The molecule has 0 saturated carbocycles. The molecular formula is C20H18N2O2S2. The van der Waals surface area contributed by atoms with Gasteiger partial charge in [0.05, 0.1) is 10.9 Å². The third-order valence-corrected chi connectivity index (χ3v) is 5.76. The summed E-state index contributed by atoms with van der Waals surface area (Å²) in [7, 11) is 0. The van der Waals surface area contributed by atoms with Crippen molar-refractivity contribution in [2.75, 3.05) is 11.6 Å². The largest absolute Gasteiger partial charge is 0.301 e. The van der Waals surface area contributed by atoms with Gasteiger partial charge >= 0.3 is 0 Å². The zero-order valence-electron chi connectivity index (χ0n) is 14.4. The first-order chi connectivity index (χ1) is 12.6. The lowest BCUT2D eigenvalue weighted by Gasteiger charge is -2.06. The zero-order chi connectivity index (χ0) is 18.5. The van der Waals surface area contributed by atoms with Gasteiger partial charge in [0.2, 0.25) is 11.7 Å². The van der Waals surface area contributed by atoms with Crippen LogP contribution >= 0.6 is 23.1 Å². The maximum Gasteiger partial charge on any atom is 0.238 e. The molecule has 6 heteroatoms. The number of hydrogen-bond donors (Lipinski definition) is 1. The number of amides is 1. The van der Waals surface area contributed by atoms with Crippen molar-refractivity contribution in [2.24, 2.45) is 0 Å². The molecule has 0 aliphatic carbocycles. The summed E-state index contributed by atoms with van der Waals surface area (Å²) in [4.78, 5) is 30.2. The molecule has 132 valence electrons. The number of nitrogens with zero attached hydrogens (tertiary/aromatic N) is 1. The van der Waals surface area contributed by atoms with E-state index in [1.165, 1.54) is 23.1 Å². The van der Waals surface area contributed by atoms with Gasteiger partial charge in [0.1, 0.15) is 4.88 Å². The average Bonchev–Trinajstić information content (AvgIpc) is 3.11. The number of anilines is 1. The number of thioether (sulfide) groups is 1. The van der Waals surface area contributed by atoms with Crippen LogP contribution in [0, 0.1) is 0 Å². The first-order valence-electron chi connectivity index (χ1n) is 8.10. The topological polar surface area (TPSA) is 59.1 Å². The zero-order valence-corrected chi connectivity index (χ0v) is 16.1. The highest BCUT2D eigenvalue weighted by molar-refractivity contribution is 7.99. The molecule has 26 heavy (non-hydrogen) atoms. The number of benzene rings is 2. The fraction of sp³-hybridized carbons (Fsp3) is 0.150. The third kappa shape index (κ3) is 4.03. The first-order valence-corrected chi connectivity index (χ1v) is 10.2. The molecule has 0 aliphatic rings. The fourth-order valence-corrected chi connectivity index (χ4v) is 3.58.